The molecule has 4 heterocycles. The first kappa shape index (κ1) is 18.2. The molecule has 2 atom stereocenters. The first-order valence-electron chi connectivity index (χ1n) is 10.5. The number of aryl methyl sites for hydroxylation is 3. The first-order valence-corrected chi connectivity index (χ1v) is 10.5. The van der Waals surface area contributed by atoms with Gasteiger partial charge in [-0.3, -0.25) is 9.78 Å². The average molecular weight is 390 g/mol. The van der Waals surface area contributed by atoms with Crippen molar-refractivity contribution >= 4 is 22.6 Å². The minimum absolute atomic E-state index is 0.266. The van der Waals surface area contributed by atoms with E-state index >= 15 is 0 Å². The van der Waals surface area contributed by atoms with E-state index in [0.29, 0.717) is 25.0 Å². The maximum absolute atomic E-state index is 13.1. The summed E-state index contributed by atoms with van der Waals surface area (Å²) in [5.41, 5.74) is 4.38. The summed E-state index contributed by atoms with van der Waals surface area (Å²) < 4.78 is 2.17. The van der Waals surface area contributed by atoms with Crippen molar-refractivity contribution in [2.24, 2.45) is 0 Å². The fourth-order valence-corrected chi connectivity index (χ4v) is 5.15. The molecular weight excluding hydrogens is 362 g/mol. The number of aromatic nitrogens is 3. The molecule has 0 bridgehead atoms. The molecule has 29 heavy (non-hydrogen) atoms. The number of fused-ring (bicyclic) bond motifs is 2. The molecule has 5 rings (SSSR count). The Balaban J connectivity index is 1.27. The Morgan fingerprint density at radius 3 is 2.79 bits per heavy atom. The Labute approximate surface area is 171 Å². The molecule has 2 aliphatic heterocycles. The van der Waals surface area contributed by atoms with Gasteiger partial charge in [-0.1, -0.05) is 12.1 Å². The van der Waals surface area contributed by atoms with Crippen molar-refractivity contribution in [3.63, 3.8) is 0 Å². The zero-order valence-corrected chi connectivity index (χ0v) is 17.1. The molecule has 150 valence electrons. The summed E-state index contributed by atoms with van der Waals surface area (Å²) in [5, 5.41) is 0. The van der Waals surface area contributed by atoms with Crippen LogP contribution in [-0.4, -0.2) is 50.5 Å². The first-order chi connectivity index (χ1) is 14.1. The maximum atomic E-state index is 13.1. The van der Waals surface area contributed by atoms with E-state index < -0.39 is 0 Å². The lowest BCUT2D eigenvalue weighted by molar-refractivity contribution is -0.132. The standard InChI is InChI=1S/C23H27N5O/c1-16-15-18(7-11-24-16)27-12-8-22-21(27)9-13-28(22)23(29)10-14-26-17(2)25-19-5-3-4-6-20(19)26/h3-7,11,15,21-22H,8-10,12-14H2,1-2H3/t21-,22-/m0/s1. The predicted molar refractivity (Wildman–Crippen MR) is 114 cm³/mol. The maximum Gasteiger partial charge on any atom is 0.224 e. The van der Waals surface area contributed by atoms with E-state index in [4.69, 9.17) is 0 Å². The number of anilines is 1. The molecule has 2 saturated heterocycles. The summed E-state index contributed by atoms with van der Waals surface area (Å²) in [6.45, 7) is 6.60. The fourth-order valence-electron chi connectivity index (χ4n) is 5.15. The van der Waals surface area contributed by atoms with Gasteiger partial charge in [0.05, 0.1) is 23.1 Å². The Morgan fingerprint density at radius 1 is 1.10 bits per heavy atom. The fraction of sp³-hybridized carbons (Fsp3) is 0.435. The molecule has 1 amide bonds. The molecule has 6 heteroatoms. The highest BCUT2D eigenvalue weighted by Gasteiger charge is 2.44. The molecule has 2 aromatic heterocycles. The molecule has 0 unspecified atom stereocenters. The molecule has 0 aliphatic carbocycles. The van der Waals surface area contributed by atoms with E-state index in [9.17, 15) is 4.79 Å². The van der Waals surface area contributed by atoms with Crippen LogP contribution in [0.25, 0.3) is 11.0 Å². The molecule has 0 spiro atoms. The molecule has 2 aliphatic rings. The van der Waals surface area contributed by atoms with Gasteiger partial charge in [-0.2, -0.15) is 0 Å². The van der Waals surface area contributed by atoms with E-state index in [1.54, 1.807) is 0 Å². The lowest BCUT2D eigenvalue weighted by Crippen LogP contribution is -2.40. The number of carbonyl (C=O) groups is 1. The Bertz CT molecular complexity index is 1060. The predicted octanol–water partition coefficient (Wildman–Crippen LogP) is 3.32. The Morgan fingerprint density at radius 2 is 1.93 bits per heavy atom. The third-order valence-corrected chi connectivity index (χ3v) is 6.50. The number of nitrogens with zero attached hydrogens (tertiary/aromatic N) is 5. The van der Waals surface area contributed by atoms with E-state index in [-0.39, 0.29) is 5.91 Å². The van der Waals surface area contributed by atoms with Crippen molar-refractivity contribution in [1.29, 1.82) is 0 Å². The van der Waals surface area contributed by atoms with Crippen LogP contribution in [0.2, 0.25) is 0 Å². The smallest absolute Gasteiger partial charge is 0.224 e. The molecule has 0 saturated carbocycles. The van der Waals surface area contributed by atoms with Gasteiger partial charge in [0, 0.05) is 43.6 Å². The van der Waals surface area contributed by atoms with Crippen molar-refractivity contribution < 1.29 is 4.79 Å². The van der Waals surface area contributed by atoms with Crippen LogP contribution in [0.5, 0.6) is 0 Å². The van der Waals surface area contributed by atoms with Gasteiger partial charge in [-0.15, -0.1) is 0 Å². The van der Waals surface area contributed by atoms with Crippen LogP contribution in [0.1, 0.15) is 30.8 Å². The van der Waals surface area contributed by atoms with Crippen LogP contribution in [-0.2, 0) is 11.3 Å². The van der Waals surface area contributed by atoms with E-state index in [2.05, 4.69) is 42.5 Å². The van der Waals surface area contributed by atoms with Crippen molar-refractivity contribution in [2.45, 2.75) is 51.7 Å². The van der Waals surface area contributed by atoms with Gasteiger partial charge in [0.2, 0.25) is 5.91 Å². The molecule has 0 radical (unpaired) electrons. The lowest BCUT2D eigenvalue weighted by atomic mass is 10.1. The van der Waals surface area contributed by atoms with Crippen molar-refractivity contribution in [1.82, 2.24) is 19.4 Å². The summed E-state index contributed by atoms with van der Waals surface area (Å²) in [7, 11) is 0. The number of rotatable bonds is 4. The topological polar surface area (TPSA) is 54.3 Å². The van der Waals surface area contributed by atoms with E-state index in [1.165, 1.54) is 5.69 Å². The van der Waals surface area contributed by atoms with Crippen LogP contribution in [0.3, 0.4) is 0 Å². The third kappa shape index (κ3) is 3.16. The number of carbonyl (C=O) groups excluding carboxylic acids is 1. The number of hydrogen-bond acceptors (Lipinski definition) is 4. The highest BCUT2D eigenvalue weighted by Crippen LogP contribution is 2.35. The third-order valence-electron chi connectivity index (χ3n) is 6.50. The van der Waals surface area contributed by atoms with Crippen LogP contribution in [0, 0.1) is 13.8 Å². The molecular formula is C23H27N5O. The summed E-state index contributed by atoms with van der Waals surface area (Å²) in [6, 6.07) is 13.1. The quantitative estimate of drug-likeness (QED) is 0.687. The molecule has 6 nitrogen and oxygen atoms in total. The van der Waals surface area contributed by atoms with Gasteiger partial charge in [0.15, 0.2) is 0 Å². The average Bonchev–Trinajstić information content (AvgIpc) is 3.39. The van der Waals surface area contributed by atoms with Crippen molar-refractivity contribution in [3.8, 4) is 0 Å². The van der Waals surface area contributed by atoms with E-state index in [1.807, 2.05) is 38.2 Å². The number of pyridine rings is 1. The second-order valence-electron chi connectivity index (χ2n) is 8.20. The molecule has 1 aromatic carbocycles. The van der Waals surface area contributed by atoms with Crippen molar-refractivity contribution in [3.05, 3.63) is 54.1 Å². The van der Waals surface area contributed by atoms with Gasteiger partial charge in [-0.25, -0.2) is 4.98 Å². The normalized spacial score (nSPS) is 21.2. The number of amides is 1. The van der Waals surface area contributed by atoms with Crippen LogP contribution < -0.4 is 4.90 Å². The zero-order valence-electron chi connectivity index (χ0n) is 17.1. The highest BCUT2D eigenvalue weighted by molar-refractivity contribution is 5.79. The summed E-state index contributed by atoms with van der Waals surface area (Å²) in [5.74, 6) is 1.24. The van der Waals surface area contributed by atoms with Gasteiger partial charge in [0.25, 0.3) is 0 Å². The Hall–Kier alpha value is -2.89. The second kappa shape index (κ2) is 7.17. The van der Waals surface area contributed by atoms with Gasteiger partial charge in [0.1, 0.15) is 5.82 Å². The van der Waals surface area contributed by atoms with Gasteiger partial charge >= 0.3 is 0 Å². The minimum atomic E-state index is 0.266. The summed E-state index contributed by atoms with van der Waals surface area (Å²) in [6.07, 6.45) is 4.50. The number of imidazole rings is 1. The van der Waals surface area contributed by atoms with Crippen molar-refractivity contribution in [2.75, 3.05) is 18.0 Å². The second-order valence-corrected chi connectivity index (χ2v) is 8.20. The van der Waals surface area contributed by atoms with Gasteiger partial charge < -0.3 is 14.4 Å². The zero-order chi connectivity index (χ0) is 20.0. The minimum Gasteiger partial charge on any atom is -0.366 e. The molecule has 2 fully saturated rings. The van der Waals surface area contributed by atoms with Crippen LogP contribution in [0.15, 0.2) is 42.6 Å². The number of hydrogen-bond donors (Lipinski definition) is 0. The van der Waals surface area contributed by atoms with Crippen LogP contribution >= 0.6 is 0 Å². The number of likely N-dealkylation sites (tertiary alicyclic amines) is 1. The lowest BCUT2D eigenvalue weighted by Gasteiger charge is -2.27. The highest BCUT2D eigenvalue weighted by atomic mass is 16.2. The SMILES string of the molecule is Cc1cc(N2CC[C@H]3[C@@H]2CCN3C(=O)CCn2c(C)nc3ccccc32)ccn1. The number of benzene rings is 1. The van der Waals surface area contributed by atoms with Crippen LogP contribution in [0.4, 0.5) is 5.69 Å². The molecule has 0 N–H and O–H groups in total. The largest absolute Gasteiger partial charge is 0.366 e. The monoisotopic (exact) mass is 389 g/mol. The summed E-state index contributed by atoms with van der Waals surface area (Å²) in [4.78, 5) is 26.6. The molecule has 3 aromatic rings. The van der Waals surface area contributed by atoms with Gasteiger partial charge in [-0.05, 0) is 51.0 Å². The Kier molecular flexibility index (Phi) is 4.49. The summed E-state index contributed by atoms with van der Waals surface area (Å²) >= 11 is 0. The number of para-hydroxylation sites is 2. The van der Waals surface area contributed by atoms with E-state index in [0.717, 1.165) is 48.5 Å².